The second kappa shape index (κ2) is 2.18. The standard InChI is InChI=1S/C3H7N4P/c1-2-3-4-5-6-7(3)8/h2,8H2,1H3. The van der Waals surface area contributed by atoms with Crippen LogP contribution in [0.4, 0.5) is 0 Å². The van der Waals surface area contributed by atoms with Crippen molar-refractivity contribution >= 4 is 9.39 Å². The Balaban J connectivity index is 2.92. The van der Waals surface area contributed by atoms with Crippen LogP contribution in [0.2, 0.25) is 0 Å². The van der Waals surface area contributed by atoms with E-state index in [1.807, 2.05) is 6.92 Å². The third-order valence-corrected chi connectivity index (χ3v) is 1.28. The number of rotatable bonds is 1. The fourth-order valence-electron chi connectivity index (χ4n) is 0.445. The van der Waals surface area contributed by atoms with E-state index >= 15 is 0 Å². The minimum Gasteiger partial charge on any atom is -0.215 e. The number of nitrogens with zero attached hydrogens (tertiary/aromatic N) is 4. The van der Waals surface area contributed by atoms with Gasteiger partial charge in [0, 0.05) is 6.42 Å². The highest BCUT2D eigenvalue weighted by Crippen LogP contribution is 1.94. The van der Waals surface area contributed by atoms with Crippen molar-refractivity contribution in [1.82, 2.24) is 20.0 Å². The van der Waals surface area contributed by atoms with Crippen LogP contribution < -0.4 is 0 Å². The molecule has 0 bridgehead atoms. The lowest BCUT2D eigenvalue weighted by atomic mass is 10.5. The largest absolute Gasteiger partial charge is 0.215 e. The smallest absolute Gasteiger partial charge is 0.154 e. The molecular weight excluding hydrogens is 123 g/mol. The van der Waals surface area contributed by atoms with Crippen LogP contribution in [0.15, 0.2) is 0 Å². The van der Waals surface area contributed by atoms with Gasteiger partial charge in [-0.1, -0.05) is 6.92 Å². The van der Waals surface area contributed by atoms with Gasteiger partial charge >= 0.3 is 0 Å². The molecule has 1 aromatic heterocycles. The number of aryl methyl sites for hydroxylation is 1. The fourth-order valence-corrected chi connectivity index (χ4v) is 0.725. The summed E-state index contributed by atoms with van der Waals surface area (Å²) in [7, 11) is 2.40. The predicted octanol–water partition coefficient (Wildman–Crippen LogP) is -0.126. The van der Waals surface area contributed by atoms with Gasteiger partial charge in [0.05, 0.1) is 0 Å². The molecule has 1 rings (SSSR count). The molecule has 0 radical (unpaired) electrons. The van der Waals surface area contributed by atoms with E-state index in [-0.39, 0.29) is 0 Å². The molecule has 0 spiro atoms. The Bertz CT molecular complexity index is 172. The summed E-state index contributed by atoms with van der Waals surface area (Å²) in [6, 6.07) is 0. The summed E-state index contributed by atoms with van der Waals surface area (Å²) < 4.78 is 1.58. The molecule has 8 heavy (non-hydrogen) atoms. The Labute approximate surface area is 49.5 Å². The summed E-state index contributed by atoms with van der Waals surface area (Å²) in [5.74, 6) is 0.884. The summed E-state index contributed by atoms with van der Waals surface area (Å²) >= 11 is 0. The minimum atomic E-state index is 0.872. The zero-order chi connectivity index (χ0) is 5.98. The molecule has 0 N–H and O–H groups in total. The number of hydrogen-bond donors (Lipinski definition) is 0. The van der Waals surface area contributed by atoms with E-state index in [0.717, 1.165) is 12.2 Å². The molecule has 5 heteroatoms. The molecule has 0 saturated carbocycles. The maximum absolute atomic E-state index is 3.72. The Morgan fingerprint density at radius 1 is 1.75 bits per heavy atom. The van der Waals surface area contributed by atoms with E-state index in [4.69, 9.17) is 0 Å². The van der Waals surface area contributed by atoms with E-state index in [0.29, 0.717) is 0 Å². The Hall–Kier alpha value is -0.500. The molecule has 0 saturated heterocycles. The van der Waals surface area contributed by atoms with E-state index < -0.39 is 0 Å². The lowest BCUT2D eigenvalue weighted by Gasteiger charge is -1.87. The zero-order valence-corrected chi connectivity index (χ0v) is 5.73. The van der Waals surface area contributed by atoms with Gasteiger partial charge in [0.15, 0.2) is 5.82 Å². The Morgan fingerprint density at radius 3 is 2.75 bits per heavy atom. The molecule has 0 aliphatic rings. The third-order valence-electron chi connectivity index (χ3n) is 0.877. The number of aromatic nitrogens is 4. The van der Waals surface area contributed by atoms with Gasteiger partial charge in [-0.2, -0.15) is 0 Å². The lowest BCUT2D eigenvalue weighted by Crippen LogP contribution is -1.89. The molecule has 0 amide bonds. The van der Waals surface area contributed by atoms with E-state index in [9.17, 15) is 0 Å². The van der Waals surface area contributed by atoms with Crippen LogP contribution in [0, 0.1) is 0 Å². The van der Waals surface area contributed by atoms with Crippen molar-refractivity contribution in [3.05, 3.63) is 5.82 Å². The summed E-state index contributed by atoms with van der Waals surface area (Å²) in [5, 5.41) is 10.8. The van der Waals surface area contributed by atoms with Gasteiger partial charge in [-0.15, -0.1) is 5.10 Å². The monoisotopic (exact) mass is 130 g/mol. The minimum absolute atomic E-state index is 0.872. The van der Waals surface area contributed by atoms with Gasteiger partial charge in [-0.05, 0) is 19.8 Å². The molecule has 44 valence electrons. The quantitative estimate of drug-likeness (QED) is 0.497. The van der Waals surface area contributed by atoms with Gasteiger partial charge in [0.25, 0.3) is 0 Å². The van der Waals surface area contributed by atoms with Gasteiger partial charge < -0.3 is 0 Å². The van der Waals surface area contributed by atoms with Crippen molar-refractivity contribution < 1.29 is 0 Å². The van der Waals surface area contributed by atoms with Crippen LogP contribution >= 0.6 is 9.39 Å². The highest BCUT2D eigenvalue weighted by Gasteiger charge is 1.94. The molecular formula is C3H7N4P. The zero-order valence-electron chi connectivity index (χ0n) is 4.57. The molecule has 0 aliphatic heterocycles. The molecule has 4 nitrogen and oxygen atoms in total. The lowest BCUT2D eigenvalue weighted by molar-refractivity contribution is 0.847. The Kier molecular flexibility index (Phi) is 1.53. The average molecular weight is 130 g/mol. The normalized spacial score (nSPS) is 9.75. The fraction of sp³-hybridized carbons (Fsp3) is 0.667. The predicted molar refractivity (Wildman–Crippen MR) is 32.3 cm³/mol. The Morgan fingerprint density at radius 2 is 2.50 bits per heavy atom. The number of tetrazole rings is 1. The second-order valence-electron chi connectivity index (χ2n) is 1.39. The van der Waals surface area contributed by atoms with Gasteiger partial charge in [0.1, 0.15) is 0 Å². The molecule has 1 aromatic rings. The van der Waals surface area contributed by atoms with Crippen LogP contribution in [0.25, 0.3) is 0 Å². The highest BCUT2D eigenvalue weighted by molar-refractivity contribution is 7.14. The highest BCUT2D eigenvalue weighted by atomic mass is 31.0. The SMILES string of the molecule is CCc1nnnn1P. The van der Waals surface area contributed by atoms with Crippen LogP contribution in [-0.4, -0.2) is 20.0 Å². The summed E-state index contributed by atoms with van der Waals surface area (Å²) in [6.45, 7) is 2.01. The summed E-state index contributed by atoms with van der Waals surface area (Å²) in [4.78, 5) is 0. The van der Waals surface area contributed by atoms with Crippen molar-refractivity contribution in [2.75, 3.05) is 0 Å². The first kappa shape index (κ1) is 5.63. The molecule has 1 heterocycles. The molecule has 1 unspecified atom stereocenters. The topological polar surface area (TPSA) is 43.6 Å². The van der Waals surface area contributed by atoms with Crippen molar-refractivity contribution in [2.24, 2.45) is 0 Å². The third kappa shape index (κ3) is 0.842. The van der Waals surface area contributed by atoms with E-state index in [2.05, 4.69) is 24.9 Å². The van der Waals surface area contributed by atoms with E-state index in [1.165, 1.54) is 0 Å². The summed E-state index contributed by atoms with van der Waals surface area (Å²) in [5.41, 5.74) is 0. The van der Waals surface area contributed by atoms with E-state index in [1.54, 1.807) is 4.45 Å². The second-order valence-corrected chi connectivity index (χ2v) is 1.88. The first-order valence-corrected chi connectivity index (χ1v) is 2.88. The van der Waals surface area contributed by atoms with Crippen LogP contribution in [0.5, 0.6) is 0 Å². The van der Waals surface area contributed by atoms with Gasteiger partial charge in [0.2, 0.25) is 0 Å². The maximum Gasteiger partial charge on any atom is 0.154 e. The van der Waals surface area contributed by atoms with Crippen molar-refractivity contribution in [3.63, 3.8) is 0 Å². The first-order valence-electron chi connectivity index (χ1n) is 2.37. The molecule has 1 atom stereocenters. The first-order chi connectivity index (χ1) is 3.84. The molecule has 0 fully saturated rings. The maximum atomic E-state index is 3.72. The molecule has 0 aliphatic carbocycles. The summed E-state index contributed by atoms with van der Waals surface area (Å²) in [6.07, 6.45) is 0.872. The number of hydrogen-bond acceptors (Lipinski definition) is 3. The average Bonchev–Trinajstić information content (AvgIpc) is 2.14. The van der Waals surface area contributed by atoms with Crippen LogP contribution in [0.3, 0.4) is 0 Å². The van der Waals surface area contributed by atoms with Gasteiger partial charge in [-0.25, -0.2) is 4.45 Å². The molecule has 0 aromatic carbocycles. The van der Waals surface area contributed by atoms with Crippen LogP contribution in [0.1, 0.15) is 12.7 Å². The van der Waals surface area contributed by atoms with Crippen LogP contribution in [-0.2, 0) is 6.42 Å². The van der Waals surface area contributed by atoms with Crippen molar-refractivity contribution in [3.8, 4) is 0 Å². The van der Waals surface area contributed by atoms with Crippen molar-refractivity contribution in [1.29, 1.82) is 0 Å². The van der Waals surface area contributed by atoms with Crippen molar-refractivity contribution in [2.45, 2.75) is 13.3 Å². The van der Waals surface area contributed by atoms with Gasteiger partial charge in [-0.3, -0.25) is 0 Å².